The Morgan fingerprint density at radius 2 is 1.44 bits per heavy atom. The fraction of sp³-hybridized carbons (Fsp3) is 0.0938. The summed E-state index contributed by atoms with van der Waals surface area (Å²) in [5.41, 5.74) is 6.59. The second-order valence-electron chi connectivity index (χ2n) is 10.7. The number of aromatic hydroxyl groups is 1. The number of rotatable bonds is 12. The number of aryl methyl sites for hydroxylation is 1. The molecule has 0 atom stereocenters. The van der Waals surface area contributed by atoms with Crippen LogP contribution in [0, 0.1) is 6.92 Å². The molecule has 5 aromatic carbocycles. The zero-order valence-corrected chi connectivity index (χ0v) is 28.6. The van der Waals surface area contributed by atoms with Crippen LogP contribution in [0.1, 0.15) is 5.56 Å². The molecule has 0 amide bonds. The number of nitrogens with zero attached hydrogens (tertiary/aromatic N) is 6. The van der Waals surface area contributed by atoms with Crippen LogP contribution in [-0.4, -0.2) is 55.8 Å². The molecule has 0 aliphatic carbocycles. The van der Waals surface area contributed by atoms with Gasteiger partial charge in [0, 0.05) is 23.2 Å². The lowest BCUT2D eigenvalue weighted by Gasteiger charge is -2.11. The van der Waals surface area contributed by atoms with Crippen molar-refractivity contribution in [2.24, 2.45) is 30.7 Å². The predicted molar refractivity (Wildman–Crippen MR) is 186 cm³/mol. The summed E-state index contributed by atoms with van der Waals surface area (Å²) in [5, 5.41) is 45.0. The molecule has 0 aromatic heterocycles. The number of methoxy groups -OCH3 is 1. The highest BCUT2D eigenvalue weighted by Gasteiger charge is 2.23. The molecule has 5 aromatic rings. The van der Waals surface area contributed by atoms with Gasteiger partial charge in [0.05, 0.1) is 29.1 Å². The van der Waals surface area contributed by atoms with E-state index < -0.39 is 54.0 Å². The van der Waals surface area contributed by atoms with Crippen molar-refractivity contribution in [3.05, 3.63) is 84.4 Å². The maximum Gasteiger partial charge on any atom is 0.341 e. The van der Waals surface area contributed by atoms with E-state index >= 15 is 0 Å². The van der Waals surface area contributed by atoms with Crippen molar-refractivity contribution in [2.75, 3.05) is 19.5 Å². The molecular weight excluding hydrogens is 723 g/mol. The van der Waals surface area contributed by atoms with Crippen LogP contribution in [0.15, 0.2) is 119 Å². The zero-order chi connectivity index (χ0) is 37.8. The smallest absolute Gasteiger partial charge is 0.341 e. The largest absolute Gasteiger partial charge is 0.505 e. The molecule has 5 rings (SSSR count). The Labute approximate surface area is 295 Å². The molecule has 20 heteroatoms. The van der Waals surface area contributed by atoms with Gasteiger partial charge in [0.25, 0.3) is 20.2 Å². The Hall–Kier alpha value is -6.35. The Balaban J connectivity index is 1.57. The van der Waals surface area contributed by atoms with E-state index in [1.165, 1.54) is 49.6 Å². The number of carboxylic acid groups (broad SMARTS) is 1. The van der Waals surface area contributed by atoms with Crippen molar-refractivity contribution in [3.8, 4) is 17.2 Å². The lowest BCUT2D eigenvalue weighted by Crippen LogP contribution is -2.09. The summed E-state index contributed by atoms with van der Waals surface area (Å²) in [6.45, 7) is 0.728. The van der Waals surface area contributed by atoms with Crippen LogP contribution >= 0.6 is 0 Å². The third kappa shape index (κ3) is 8.68. The van der Waals surface area contributed by atoms with Gasteiger partial charge in [0.1, 0.15) is 33.5 Å². The van der Waals surface area contributed by atoms with Crippen molar-refractivity contribution >= 4 is 76.8 Å². The van der Waals surface area contributed by atoms with Gasteiger partial charge in [-0.2, -0.15) is 32.2 Å². The van der Waals surface area contributed by atoms with Crippen molar-refractivity contribution in [1.29, 1.82) is 0 Å². The van der Waals surface area contributed by atoms with Crippen molar-refractivity contribution in [2.45, 2.75) is 16.7 Å². The molecule has 0 saturated heterocycles. The van der Waals surface area contributed by atoms with Crippen LogP contribution in [0.25, 0.3) is 10.8 Å². The van der Waals surface area contributed by atoms with Crippen molar-refractivity contribution < 1.29 is 50.4 Å². The van der Waals surface area contributed by atoms with Crippen LogP contribution in [0.5, 0.6) is 17.2 Å². The third-order valence-corrected chi connectivity index (χ3v) is 8.78. The standard InChI is InChI=1S/C32H27N7O11S2/c1-17-10-26(28(50-16-30(40)41)15-25(17)37-34-20-4-3-5-22(13-20)51(43,44)45)38-39-31-29(52(46,47)48)11-18-6-8-21(14-23(18)32(31)42)35-36-24-9-7-19(33)12-27(24)49-2/h3-15,42H,16,33H2,1-2H3,(H,40,41)(H,43,44,45)(H,46,47,48). The summed E-state index contributed by atoms with van der Waals surface area (Å²) in [5.74, 6) is -1.89. The second kappa shape index (κ2) is 14.9. The summed E-state index contributed by atoms with van der Waals surface area (Å²) in [4.78, 5) is 10.1. The van der Waals surface area contributed by atoms with Gasteiger partial charge in [0.15, 0.2) is 12.4 Å². The monoisotopic (exact) mass is 749 g/mol. The van der Waals surface area contributed by atoms with E-state index in [1.807, 2.05) is 0 Å². The second-order valence-corrected chi connectivity index (χ2v) is 13.6. The molecule has 0 unspecified atom stereocenters. The topological polar surface area (TPSA) is 285 Å². The number of anilines is 1. The highest BCUT2D eigenvalue weighted by molar-refractivity contribution is 7.86. The fourth-order valence-electron chi connectivity index (χ4n) is 4.60. The number of phenols is 1. The first-order chi connectivity index (χ1) is 24.5. The number of nitrogen functional groups attached to an aromatic ring is 1. The Kier molecular flexibility index (Phi) is 10.6. The molecule has 0 spiro atoms. The van der Waals surface area contributed by atoms with Gasteiger partial charge in [-0.3, -0.25) is 9.11 Å². The Morgan fingerprint density at radius 3 is 2.12 bits per heavy atom. The van der Waals surface area contributed by atoms with E-state index in [1.54, 1.807) is 25.1 Å². The maximum absolute atomic E-state index is 12.4. The zero-order valence-electron chi connectivity index (χ0n) is 26.9. The number of azo groups is 3. The Bertz CT molecular complexity index is 2540. The number of fused-ring (bicyclic) bond motifs is 1. The minimum absolute atomic E-state index is 0.0606. The first-order valence-electron chi connectivity index (χ1n) is 14.6. The van der Waals surface area contributed by atoms with Gasteiger partial charge in [-0.1, -0.05) is 12.1 Å². The molecular formula is C32H27N7O11S2. The van der Waals surface area contributed by atoms with E-state index in [0.717, 1.165) is 18.2 Å². The highest BCUT2D eigenvalue weighted by atomic mass is 32.2. The average Bonchev–Trinajstić information content (AvgIpc) is 3.08. The van der Waals surface area contributed by atoms with Gasteiger partial charge in [-0.15, -0.1) is 15.3 Å². The first kappa shape index (κ1) is 36.9. The number of carboxylic acids is 1. The van der Waals surface area contributed by atoms with E-state index in [4.69, 9.17) is 15.2 Å². The fourth-order valence-corrected chi connectivity index (χ4v) is 5.78. The number of aliphatic carboxylic acids is 1. The number of carbonyl (C=O) groups is 1. The first-order valence-corrected chi connectivity index (χ1v) is 17.4. The lowest BCUT2D eigenvalue weighted by atomic mass is 10.1. The normalized spacial score (nSPS) is 12.3. The molecule has 18 nitrogen and oxygen atoms in total. The molecule has 0 fully saturated rings. The number of hydrogen-bond donors (Lipinski definition) is 5. The van der Waals surface area contributed by atoms with Crippen LogP contribution in [-0.2, 0) is 25.0 Å². The molecule has 6 N–H and O–H groups in total. The minimum Gasteiger partial charge on any atom is -0.505 e. The maximum atomic E-state index is 12.4. The van der Waals surface area contributed by atoms with Crippen molar-refractivity contribution in [3.63, 3.8) is 0 Å². The van der Waals surface area contributed by atoms with Crippen LogP contribution < -0.4 is 15.2 Å². The summed E-state index contributed by atoms with van der Waals surface area (Å²) >= 11 is 0. The molecule has 0 bridgehead atoms. The average molecular weight is 750 g/mol. The van der Waals surface area contributed by atoms with E-state index in [-0.39, 0.29) is 39.3 Å². The predicted octanol–water partition coefficient (Wildman–Crippen LogP) is 7.65. The van der Waals surface area contributed by atoms with E-state index in [0.29, 0.717) is 22.7 Å². The van der Waals surface area contributed by atoms with Crippen LogP contribution in [0.4, 0.5) is 39.8 Å². The summed E-state index contributed by atoms with van der Waals surface area (Å²) in [6, 6.07) is 17.7. The van der Waals surface area contributed by atoms with Crippen molar-refractivity contribution in [1.82, 2.24) is 0 Å². The Morgan fingerprint density at radius 1 is 0.750 bits per heavy atom. The molecule has 0 aliphatic rings. The van der Waals surface area contributed by atoms with Crippen LogP contribution in [0.2, 0.25) is 0 Å². The van der Waals surface area contributed by atoms with Gasteiger partial charge in [-0.05, 0) is 72.5 Å². The molecule has 0 radical (unpaired) electrons. The molecule has 0 heterocycles. The molecule has 268 valence electrons. The number of phenolic OH excluding ortho intramolecular Hbond substituents is 1. The number of ether oxygens (including phenoxy) is 2. The van der Waals surface area contributed by atoms with E-state index in [9.17, 15) is 40.9 Å². The highest BCUT2D eigenvalue weighted by Crippen LogP contribution is 2.44. The number of nitrogens with two attached hydrogens (primary N) is 1. The van der Waals surface area contributed by atoms with Gasteiger partial charge in [-0.25, -0.2) is 4.79 Å². The van der Waals surface area contributed by atoms with Crippen LogP contribution in [0.3, 0.4) is 0 Å². The minimum atomic E-state index is -4.98. The molecule has 52 heavy (non-hydrogen) atoms. The quantitative estimate of drug-likeness (QED) is 0.0467. The van der Waals surface area contributed by atoms with Gasteiger partial charge in [0.2, 0.25) is 0 Å². The van der Waals surface area contributed by atoms with Gasteiger partial charge < -0.3 is 25.4 Å². The molecule has 0 saturated carbocycles. The summed E-state index contributed by atoms with van der Waals surface area (Å²) < 4.78 is 77.8. The van der Waals surface area contributed by atoms with Gasteiger partial charge >= 0.3 is 5.97 Å². The third-order valence-electron chi connectivity index (χ3n) is 7.07. The number of hydrogen-bond acceptors (Lipinski definition) is 15. The lowest BCUT2D eigenvalue weighted by molar-refractivity contribution is -0.139. The SMILES string of the molecule is COc1cc(N)ccc1N=Nc1ccc2cc(S(=O)(=O)O)c(N=Nc3cc(C)c(N=Nc4cccc(S(=O)(=O)O)c4)cc3OCC(=O)O)c(O)c2c1. The number of benzene rings is 5. The van der Waals surface area contributed by atoms with E-state index in [2.05, 4.69) is 30.7 Å². The molecule has 0 aliphatic heterocycles. The summed E-state index contributed by atoms with van der Waals surface area (Å²) in [6.07, 6.45) is 0. The summed E-state index contributed by atoms with van der Waals surface area (Å²) in [7, 11) is -8.05.